The van der Waals surface area contributed by atoms with Crippen LogP contribution in [0.1, 0.15) is 41.5 Å². The molecule has 0 bridgehead atoms. The minimum absolute atomic E-state index is 0. The van der Waals surface area contributed by atoms with Crippen LogP contribution in [0.3, 0.4) is 0 Å². The van der Waals surface area contributed by atoms with Gasteiger partial charge in [0.25, 0.3) is 28.9 Å². The first-order valence-electron chi connectivity index (χ1n) is 33.3. The molecule has 6 heterocycles. The molecule has 6 aliphatic heterocycles. The van der Waals surface area contributed by atoms with Gasteiger partial charge in [-0.15, -0.1) is 0 Å². The van der Waals surface area contributed by atoms with E-state index in [1.807, 2.05) is 26.6 Å². The Bertz CT molecular complexity index is 3710. The zero-order valence-corrected chi connectivity index (χ0v) is 60.3. The molecule has 7 amide bonds. The van der Waals surface area contributed by atoms with Crippen LogP contribution >= 0.6 is 0 Å². The van der Waals surface area contributed by atoms with Crippen LogP contribution in [0.5, 0.6) is 0 Å². The number of hydrogen-bond donors (Lipinski definition) is 3. The number of carbonyl (C=O) groups excluding carboxylic acids is 6. The number of nitro groups is 3. The molecule has 0 radical (unpaired) electrons. The van der Waals surface area contributed by atoms with Crippen molar-refractivity contribution in [3.05, 3.63) is 212 Å². The minimum Gasteiger partial charge on any atom is -0.368 e. The first kappa shape index (κ1) is 84.5. The summed E-state index contributed by atoms with van der Waals surface area (Å²) in [6.07, 6.45) is 0. The van der Waals surface area contributed by atoms with Gasteiger partial charge in [0.1, 0.15) is 23.3 Å². The number of likely N-dealkylation sites (N-methyl/N-ethyl adjacent to an activating group) is 1. The van der Waals surface area contributed by atoms with E-state index >= 15 is 0 Å². The molecule has 12 rings (SSSR count). The molecule has 6 aromatic carbocycles. The smallest absolute Gasteiger partial charge is 0.321 e. The van der Waals surface area contributed by atoms with Crippen LogP contribution < -0.4 is 30.7 Å². The average Bonchev–Trinajstić information content (AvgIpc) is 0.833. The molecule has 0 atom stereocenters. The molecule has 6 aromatic rings. The summed E-state index contributed by atoms with van der Waals surface area (Å²) in [7, 11) is 2.05. The number of piperazine rings is 6. The quantitative estimate of drug-likeness (QED) is 0.0410. The van der Waals surface area contributed by atoms with Crippen molar-refractivity contribution in [2.24, 2.45) is 0 Å². The van der Waals surface area contributed by atoms with E-state index < -0.39 is 26.4 Å². The molecule has 6 saturated heterocycles. The molecule has 6 fully saturated rings. The fourth-order valence-corrected chi connectivity index (χ4v) is 11.4. The maximum atomic E-state index is 14.7. The van der Waals surface area contributed by atoms with Crippen molar-refractivity contribution in [2.75, 3.05) is 184 Å². The van der Waals surface area contributed by atoms with Gasteiger partial charge in [0.05, 0.1) is 20.5 Å². The zero-order valence-electron chi connectivity index (χ0n) is 58.8. The number of hydrogen-bond acceptors (Lipinski definition) is 18. The van der Waals surface area contributed by atoms with Crippen molar-refractivity contribution < 1.29 is 81.5 Å². The molecule has 0 saturated carbocycles. The van der Waals surface area contributed by atoms with Crippen molar-refractivity contribution >= 4 is 75.4 Å². The minimum atomic E-state index is -0.570. The summed E-state index contributed by atoms with van der Waals surface area (Å²) in [6.45, 7) is 21.9. The predicted octanol–water partition coefficient (Wildman–Crippen LogP) is 7.72. The largest absolute Gasteiger partial charge is 0.368 e. The van der Waals surface area contributed by atoms with E-state index in [1.165, 1.54) is 60.7 Å². The van der Waals surface area contributed by atoms with E-state index in [9.17, 15) is 76.7 Å². The fourth-order valence-electron chi connectivity index (χ4n) is 11.4. The normalized spacial score (nSPS) is 15.8. The number of nitrogens with zero attached hydrogens (tertiary/aromatic N) is 13. The van der Waals surface area contributed by atoms with Gasteiger partial charge >= 0.3 is 6.03 Å². The van der Waals surface area contributed by atoms with Gasteiger partial charge in [-0.3, -0.25) is 54.3 Å². The van der Waals surface area contributed by atoms with Crippen molar-refractivity contribution in [3.63, 3.8) is 0 Å². The summed E-state index contributed by atoms with van der Waals surface area (Å²) >= 11 is 0. The van der Waals surface area contributed by atoms with Gasteiger partial charge in [-0.1, -0.05) is 12.1 Å². The number of rotatable bonds is 9. The number of benzene rings is 6. The van der Waals surface area contributed by atoms with Crippen molar-refractivity contribution in [1.29, 1.82) is 0 Å². The van der Waals surface area contributed by atoms with E-state index in [2.05, 4.69) is 30.7 Å². The Kier molecular flexibility index (Phi) is 34.4. The number of amides is 7. The summed E-state index contributed by atoms with van der Waals surface area (Å²) in [5.74, 6) is -1.62. The Morgan fingerprint density at radius 1 is 0.394 bits per heavy atom. The number of anilines is 4. The van der Waals surface area contributed by atoms with Crippen LogP contribution in [0.2, 0.25) is 0 Å². The first-order valence-corrected chi connectivity index (χ1v) is 33.3. The van der Waals surface area contributed by atoms with Crippen LogP contribution in [0.15, 0.2) is 140 Å². The Morgan fingerprint density at radius 2 is 0.731 bits per heavy atom. The van der Waals surface area contributed by atoms with Crippen molar-refractivity contribution in [2.45, 2.75) is 20.8 Å². The van der Waals surface area contributed by atoms with Crippen LogP contribution in [0.25, 0.3) is 0 Å². The van der Waals surface area contributed by atoms with E-state index in [0.29, 0.717) is 87.9 Å². The molecule has 33 heteroatoms. The monoisotopic (exact) mass is 1540 g/mol. The Balaban J connectivity index is 0.000000236. The van der Waals surface area contributed by atoms with Gasteiger partial charge in [-0.05, 0) is 98.0 Å². The Morgan fingerprint density at radius 3 is 1.09 bits per heavy atom. The number of carbonyl (C=O) groups is 6. The van der Waals surface area contributed by atoms with E-state index in [0.717, 1.165) is 127 Å². The Labute approximate surface area is 615 Å². The molecule has 0 aromatic heterocycles. The molecule has 104 heavy (non-hydrogen) atoms. The standard InChI is InChI=1S/C23H27F2N5O2.2C12H15N3O3.C11H13FN2O.C6H4FNO2.C6H12N2O.CH3.Pd/c1-27-7-9-28(10-8-27)21-6-5-19(16-20(21)25)26-23(32)30-13-11-29(12-14-30)22(31)17-3-2-4-18(24)15-17;2*1-10(16)13-6-8-14(9-7-13)11-2-4-12(5-3-11)15(17)18;12-10-3-1-2-9(8-10)11(15)14-6-4-13-5-7-14;7-5-1-3-6(4-2-5)8(9)10;1-6(9)8-4-2-7-3-5-8;;/h2-6,15-16H,7-14H2,1H3,(H,26,32);2*2-5H,6-9H2,1H3;1-3,8,13H,4-7H2;1-4H;7H,2-5H2,1H3;1H3;/q;;;;;;-1;. The summed E-state index contributed by atoms with van der Waals surface area (Å²) < 4.78 is 53.1. The Hall–Kier alpha value is -10.2. The number of non-ortho nitro benzene ring substituents is 3. The molecule has 0 spiro atoms. The molecule has 28 nitrogen and oxygen atoms in total. The number of nitrogens with one attached hydrogen (secondary N) is 3. The van der Waals surface area contributed by atoms with Gasteiger partial charge in [0.2, 0.25) is 17.7 Å². The third-order valence-corrected chi connectivity index (χ3v) is 17.3. The number of halogens is 4. The molecular formula is C71H89F4N16O12Pd-. The van der Waals surface area contributed by atoms with Crippen LogP contribution in [-0.2, 0) is 34.8 Å². The SMILES string of the molecule is CC(=O)N1CCN(c2ccc([N+](=O)[O-])cc2)CC1.CC(=O)N1CCN(c2ccc([N+](=O)[O-])cc2)CC1.CC(=O)N1CCNCC1.CN1CCN(c2ccc(NC(=O)N3CCN(C(=O)c4cccc(F)c4)CC3)cc2F)CC1.O=C(c1cccc(F)c1)N1CCNCC1.O=[N+]([O-])c1ccc(F)cc1.[CH3-].[Pd]. The molecule has 0 unspecified atom stereocenters. The first-order chi connectivity index (χ1) is 48.8. The second-order valence-electron chi connectivity index (χ2n) is 24.3. The van der Waals surface area contributed by atoms with Gasteiger partial charge < -0.3 is 72.4 Å². The summed E-state index contributed by atoms with van der Waals surface area (Å²) in [6, 6.07) is 33.2. The topological polar surface area (TPSA) is 300 Å². The van der Waals surface area contributed by atoms with E-state index in [-0.39, 0.29) is 92.1 Å². The van der Waals surface area contributed by atoms with E-state index in [1.54, 1.807) is 90.1 Å². The molecule has 0 aliphatic carbocycles. The average molecular weight is 1540 g/mol. The number of urea groups is 1. The van der Waals surface area contributed by atoms with Gasteiger partial charge in [-0.2, -0.15) is 0 Å². The van der Waals surface area contributed by atoms with Crippen LogP contribution in [-0.4, -0.2) is 249 Å². The molecule has 6 aliphatic rings. The summed E-state index contributed by atoms with van der Waals surface area (Å²) in [5.41, 5.74) is 3.68. The third-order valence-electron chi connectivity index (χ3n) is 17.3. The molecule has 564 valence electrons. The van der Waals surface area contributed by atoms with Crippen LogP contribution in [0, 0.1) is 61.0 Å². The predicted molar refractivity (Wildman–Crippen MR) is 384 cm³/mol. The summed E-state index contributed by atoms with van der Waals surface area (Å²) in [4.78, 5) is 119. The maximum Gasteiger partial charge on any atom is 0.321 e. The fraction of sp³-hybridized carbons (Fsp3) is 0.394. The summed E-state index contributed by atoms with van der Waals surface area (Å²) in [5, 5.41) is 40.2. The zero-order chi connectivity index (χ0) is 73.8. The molecular weight excluding hydrogens is 1450 g/mol. The second-order valence-corrected chi connectivity index (χ2v) is 24.3. The van der Waals surface area contributed by atoms with E-state index in [4.69, 9.17) is 0 Å². The van der Waals surface area contributed by atoms with Gasteiger partial charge in [-0.25, -0.2) is 22.4 Å². The van der Waals surface area contributed by atoms with Gasteiger partial charge in [0, 0.05) is 263 Å². The van der Waals surface area contributed by atoms with Crippen molar-refractivity contribution in [3.8, 4) is 0 Å². The number of nitro benzene ring substituents is 3. The maximum absolute atomic E-state index is 14.7. The van der Waals surface area contributed by atoms with Crippen LogP contribution in [0.4, 0.5) is 62.2 Å². The second kappa shape index (κ2) is 42.4. The third kappa shape index (κ3) is 26.6. The van der Waals surface area contributed by atoms with Crippen molar-refractivity contribution in [1.82, 2.24) is 44.9 Å². The molecule has 3 N–H and O–H groups in total. The van der Waals surface area contributed by atoms with Gasteiger partial charge in [0.15, 0.2) is 0 Å².